The molecule has 6 nitrogen and oxygen atoms in total. The number of rotatable bonds is 6. The highest BCUT2D eigenvalue weighted by atomic mass is 19.4. The molecule has 0 amide bonds. The number of aromatic amines is 1. The molecule has 0 bridgehead atoms. The Morgan fingerprint density at radius 2 is 1.75 bits per heavy atom. The predicted molar refractivity (Wildman–Crippen MR) is 89.8 cm³/mol. The fourth-order valence-corrected chi connectivity index (χ4v) is 2.19. The number of nitrogens with zero attached hydrogens (tertiary/aromatic N) is 2. The van der Waals surface area contributed by atoms with Gasteiger partial charge in [-0.1, -0.05) is 12.1 Å². The molecule has 0 saturated heterocycles. The van der Waals surface area contributed by atoms with Gasteiger partial charge in [-0.2, -0.15) is 22.5 Å². The van der Waals surface area contributed by atoms with Crippen molar-refractivity contribution in [3.05, 3.63) is 76.2 Å². The Labute approximate surface area is 155 Å². The van der Waals surface area contributed by atoms with Crippen molar-refractivity contribution in [1.82, 2.24) is 15.0 Å². The van der Waals surface area contributed by atoms with Crippen LogP contribution in [0.25, 0.3) is 0 Å². The number of hydrogen-bond acceptors (Lipinski definition) is 5. The van der Waals surface area contributed by atoms with Crippen molar-refractivity contribution in [2.45, 2.75) is 12.6 Å². The normalized spacial score (nSPS) is 11.3. The van der Waals surface area contributed by atoms with E-state index in [-0.39, 0.29) is 18.4 Å². The molecule has 0 saturated carbocycles. The first-order valence-electron chi connectivity index (χ1n) is 7.99. The molecule has 0 spiro atoms. The van der Waals surface area contributed by atoms with Gasteiger partial charge in [0.15, 0.2) is 0 Å². The lowest BCUT2D eigenvalue weighted by molar-refractivity contribution is -0.137. The third kappa shape index (κ3) is 5.06. The zero-order chi connectivity index (χ0) is 20.1. The molecule has 2 heterocycles. The van der Waals surface area contributed by atoms with Gasteiger partial charge in [-0.15, -0.1) is 0 Å². The highest BCUT2D eigenvalue weighted by molar-refractivity contribution is 5.31. The SMILES string of the molecule is O=c1ncc(F)c(OCCc2ccc(Oc3ccc(C(F)(F)F)cn3)cc2)[nH]1. The van der Waals surface area contributed by atoms with Gasteiger partial charge in [0.2, 0.25) is 17.6 Å². The molecular formula is C18H13F4N3O3. The molecule has 1 N–H and O–H groups in total. The maximum atomic E-state index is 13.4. The van der Waals surface area contributed by atoms with E-state index in [2.05, 4.69) is 15.0 Å². The molecule has 146 valence electrons. The molecule has 0 atom stereocenters. The lowest BCUT2D eigenvalue weighted by Crippen LogP contribution is -2.14. The minimum Gasteiger partial charge on any atom is -0.476 e. The van der Waals surface area contributed by atoms with Crippen molar-refractivity contribution < 1.29 is 27.0 Å². The highest BCUT2D eigenvalue weighted by Gasteiger charge is 2.30. The summed E-state index contributed by atoms with van der Waals surface area (Å²) < 4.78 is 61.5. The number of halogens is 4. The van der Waals surface area contributed by atoms with E-state index in [1.165, 1.54) is 0 Å². The number of aromatic nitrogens is 3. The highest BCUT2D eigenvalue weighted by Crippen LogP contribution is 2.30. The van der Waals surface area contributed by atoms with Crippen molar-refractivity contribution in [2.75, 3.05) is 6.61 Å². The molecule has 1 aromatic carbocycles. The molecule has 0 aliphatic heterocycles. The molecule has 0 aliphatic rings. The summed E-state index contributed by atoms with van der Waals surface area (Å²) >= 11 is 0. The first kappa shape index (κ1) is 19.3. The number of H-pyrrole nitrogens is 1. The summed E-state index contributed by atoms with van der Waals surface area (Å²) in [4.78, 5) is 20.0. The Bertz CT molecular complexity index is 987. The maximum absolute atomic E-state index is 13.4. The molecule has 0 fully saturated rings. The van der Waals surface area contributed by atoms with Crippen LogP contribution in [0.2, 0.25) is 0 Å². The van der Waals surface area contributed by atoms with Gasteiger partial charge in [-0.3, -0.25) is 4.98 Å². The summed E-state index contributed by atoms with van der Waals surface area (Å²) in [6.45, 7) is 0.109. The molecule has 0 aliphatic carbocycles. The molecule has 0 radical (unpaired) electrons. The van der Waals surface area contributed by atoms with Crippen molar-refractivity contribution in [1.29, 1.82) is 0 Å². The van der Waals surface area contributed by atoms with E-state index >= 15 is 0 Å². The Balaban J connectivity index is 1.55. The van der Waals surface area contributed by atoms with Gasteiger partial charge in [0, 0.05) is 18.7 Å². The third-order valence-corrected chi connectivity index (χ3v) is 3.58. The van der Waals surface area contributed by atoms with Crippen LogP contribution in [0.3, 0.4) is 0 Å². The lowest BCUT2D eigenvalue weighted by atomic mass is 10.1. The molecule has 0 unspecified atom stereocenters. The predicted octanol–water partition coefficient (Wildman–Crippen LogP) is 3.74. The average molecular weight is 395 g/mol. The minimum atomic E-state index is -4.46. The summed E-state index contributed by atoms with van der Waals surface area (Å²) in [6, 6.07) is 8.68. The fourth-order valence-electron chi connectivity index (χ4n) is 2.19. The van der Waals surface area contributed by atoms with E-state index < -0.39 is 23.2 Å². The Hall–Kier alpha value is -3.43. The summed E-state index contributed by atoms with van der Waals surface area (Å²) in [6.07, 6.45) is -2.57. The Kier molecular flexibility index (Phi) is 5.57. The molecular weight excluding hydrogens is 382 g/mol. The minimum absolute atomic E-state index is 0.0289. The zero-order valence-electron chi connectivity index (χ0n) is 14.2. The van der Waals surface area contributed by atoms with Gasteiger partial charge >= 0.3 is 11.9 Å². The van der Waals surface area contributed by atoms with E-state index in [0.29, 0.717) is 18.4 Å². The first-order chi connectivity index (χ1) is 13.3. The number of hydrogen-bond donors (Lipinski definition) is 1. The van der Waals surface area contributed by atoms with Crippen LogP contribution in [-0.2, 0) is 12.6 Å². The van der Waals surface area contributed by atoms with Crippen LogP contribution in [0.5, 0.6) is 17.5 Å². The van der Waals surface area contributed by atoms with Crippen LogP contribution in [0, 0.1) is 5.82 Å². The number of alkyl halides is 3. The summed E-state index contributed by atoms with van der Waals surface area (Å²) in [5, 5.41) is 0. The molecule has 3 rings (SSSR count). The zero-order valence-corrected chi connectivity index (χ0v) is 14.2. The summed E-state index contributed by atoms with van der Waals surface area (Å²) in [5.41, 5.74) is -0.735. The third-order valence-electron chi connectivity index (χ3n) is 3.58. The van der Waals surface area contributed by atoms with Gasteiger partial charge in [-0.25, -0.2) is 9.78 Å². The van der Waals surface area contributed by atoms with Crippen molar-refractivity contribution in [2.24, 2.45) is 0 Å². The maximum Gasteiger partial charge on any atom is 0.417 e. The average Bonchev–Trinajstić information content (AvgIpc) is 2.66. The monoisotopic (exact) mass is 395 g/mol. The van der Waals surface area contributed by atoms with Gasteiger partial charge in [0.1, 0.15) is 5.75 Å². The Morgan fingerprint density at radius 1 is 1.00 bits per heavy atom. The van der Waals surface area contributed by atoms with Crippen LogP contribution in [0.1, 0.15) is 11.1 Å². The number of pyridine rings is 1. The summed E-state index contributed by atoms with van der Waals surface area (Å²) in [7, 11) is 0. The van der Waals surface area contributed by atoms with E-state index in [0.717, 1.165) is 23.9 Å². The van der Waals surface area contributed by atoms with Crippen molar-refractivity contribution in [3.8, 4) is 17.5 Å². The van der Waals surface area contributed by atoms with Crippen LogP contribution in [-0.4, -0.2) is 21.6 Å². The quantitative estimate of drug-likeness (QED) is 0.644. The summed E-state index contributed by atoms with van der Waals surface area (Å²) in [5.74, 6) is -0.636. The topological polar surface area (TPSA) is 77.1 Å². The van der Waals surface area contributed by atoms with E-state index in [1.54, 1.807) is 24.3 Å². The van der Waals surface area contributed by atoms with Crippen molar-refractivity contribution >= 4 is 0 Å². The second-order valence-corrected chi connectivity index (χ2v) is 5.59. The number of ether oxygens (including phenoxy) is 2. The molecule has 10 heteroatoms. The number of benzene rings is 1. The second kappa shape index (κ2) is 8.07. The van der Waals surface area contributed by atoms with Gasteiger partial charge in [-0.05, 0) is 23.8 Å². The fraction of sp³-hybridized carbons (Fsp3) is 0.167. The molecule has 28 heavy (non-hydrogen) atoms. The smallest absolute Gasteiger partial charge is 0.417 e. The van der Waals surface area contributed by atoms with Gasteiger partial charge < -0.3 is 9.47 Å². The largest absolute Gasteiger partial charge is 0.476 e. The van der Waals surface area contributed by atoms with Crippen LogP contribution in [0.4, 0.5) is 17.6 Å². The van der Waals surface area contributed by atoms with Crippen LogP contribution in [0.15, 0.2) is 53.6 Å². The van der Waals surface area contributed by atoms with E-state index in [4.69, 9.17) is 9.47 Å². The molecule has 3 aromatic rings. The van der Waals surface area contributed by atoms with Crippen molar-refractivity contribution in [3.63, 3.8) is 0 Å². The second-order valence-electron chi connectivity index (χ2n) is 5.59. The van der Waals surface area contributed by atoms with Gasteiger partial charge in [0.25, 0.3) is 0 Å². The van der Waals surface area contributed by atoms with E-state index in [1.807, 2.05) is 0 Å². The van der Waals surface area contributed by atoms with Crippen LogP contribution >= 0.6 is 0 Å². The van der Waals surface area contributed by atoms with Crippen LogP contribution < -0.4 is 15.2 Å². The Morgan fingerprint density at radius 3 is 2.39 bits per heavy atom. The lowest BCUT2D eigenvalue weighted by Gasteiger charge is -2.09. The number of nitrogens with one attached hydrogen (secondary N) is 1. The first-order valence-corrected chi connectivity index (χ1v) is 7.99. The standard InChI is InChI=1S/C18H13F4N3O3/c19-14-10-24-17(26)25-16(14)27-8-7-11-1-4-13(5-2-11)28-15-6-3-12(9-23-15)18(20,21)22/h1-6,9-10H,7-8H2,(H,24,25,26). The van der Waals surface area contributed by atoms with Gasteiger partial charge in [0.05, 0.1) is 18.4 Å². The van der Waals surface area contributed by atoms with E-state index in [9.17, 15) is 22.4 Å². The molecule has 2 aromatic heterocycles.